The third-order valence-electron chi connectivity index (χ3n) is 3.31. The Morgan fingerprint density at radius 1 is 1.04 bits per heavy atom. The van der Waals surface area contributed by atoms with Crippen LogP contribution in [0.15, 0.2) is 57.9 Å². The van der Waals surface area contributed by atoms with Crippen LogP contribution in [-0.2, 0) is 16.2 Å². The molecule has 0 bridgehead atoms. The summed E-state index contributed by atoms with van der Waals surface area (Å²) >= 11 is 3.06. The minimum Gasteiger partial charge on any atom is -0.200 e. The van der Waals surface area contributed by atoms with Crippen molar-refractivity contribution < 1.29 is 21.6 Å². The normalized spacial score (nSPS) is 12.3. The van der Waals surface area contributed by atoms with Gasteiger partial charge in [0, 0.05) is 10.5 Å². The van der Waals surface area contributed by atoms with Crippen molar-refractivity contribution in [3.05, 3.63) is 58.6 Å². The summed E-state index contributed by atoms with van der Waals surface area (Å²) < 4.78 is 65.8. The van der Waals surface area contributed by atoms with Gasteiger partial charge in [0.2, 0.25) is 0 Å². The van der Waals surface area contributed by atoms with Gasteiger partial charge >= 0.3 is 6.18 Å². The molecule has 0 spiro atoms. The van der Waals surface area contributed by atoms with Crippen LogP contribution in [0, 0.1) is 11.6 Å². The molecule has 0 N–H and O–H groups in total. The zero-order valence-electron chi connectivity index (χ0n) is 14.8. The van der Waals surface area contributed by atoms with Crippen molar-refractivity contribution in [1.82, 2.24) is 0 Å². The Morgan fingerprint density at radius 2 is 1.63 bits per heavy atom. The maximum atomic E-state index is 13.1. The van der Waals surface area contributed by atoms with E-state index in [2.05, 4.69) is 27.5 Å². The standard InChI is InChI=1S/C18H17BrF3NO2SSi/c1-27(2,3)12-11-23(26(24,25)15-7-5-4-6-8-15)17-10-9-14(13-16(17)19)18(20,21)22/h4-10,13H,1-3H3. The second kappa shape index (κ2) is 7.70. The molecule has 0 amide bonds. The number of alkyl halides is 3. The van der Waals surface area contributed by atoms with Crippen molar-refractivity contribution in [2.75, 3.05) is 4.31 Å². The van der Waals surface area contributed by atoms with Crippen molar-refractivity contribution in [2.45, 2.75) is 30.7 Å². The Morgan fingerprint density at radius 3 is 2.11 bits per heavy atom. The van der Waals surface area contributed by atoms with Crippen LogP contribution in [0.2, 0.25) is 19.6 Å². The topological polar surface area (TPSA) is 37.4 Å². The van der Waals surface area contributed by atoms with Gasteiger partial charge in [-0.05, 0) is 46.3 Å². The summed E-state index contributed by atoms with van der Waals surface area (Å²) in [5.74, 6) is 0. The molecular weight excluding hydrogens is 459 g/mol. The maximum absolute atomic E-state index is 13.1. The van der Waals surface area contributed by atoms with Crippen molar-refractivity contribution in [3.63, 3.8) is 0 Å². The lowest BCUT2D eigenvalue weighted by molar-refractivity contribution is -0.137. The van der Waals surface area contributed by atoms with E-state index < -0.39 is 29.8 Å². The molecule has 0 unspecified atom stereocenters. The summed E-state index contributed by atoms with van der Waals surface area (Å²) in [5.41, 5.74) is 2.11. The van der Waals surface area contributed by atoms with Gasteiger partial charge < -0.3 is 0 Å². The molecule has 0 aliphatic heterocycles. The van der Waals surface area contributed by atoms with Crippen LogP contribution in [0.1, 0.15) is 5.56 Å². The predicted octanol–water partition coefficient (Wildman–Crippen LogP) is 5.50. The van der Waals surface area contributed by atoms with E-state index in [9.17, 15) is 21.6 Å². The van der Waals surface area contributed by atoms with Crippen LogP contribution in [0.5, 0.6) is 0 Å². The number of nitrogens with zero attached hydrogens (tertiary/aromatic N) is 1. The first kappa shape index (κ1) is 21.5. The first-order valence-corrected chi connectivity index (χ1v) is 13.6. The summed E-state index contributed by atoms with van der Waals surface area (Å²) in [4.78, 5) is 0.00155. The number of halogens is 4. The van der Waals surface area contributed by atoms with Gasteiger partial charge in [-0.25, -0.2) is 8.42 Å². The molecule has 0 heterocycles. The Kier molecular flexibility index (Phi) is 6.14. The molecule has 2 aromatic rings. The van der Waals surface area contributed by atoms with E-state index in [4.69, 9.17) is 0 Å². The van der Waals surface area contributed by atoms with Gasteiger partial charge in [-0.3, -0.25) is 0 Å². The van der Waals surface area contributed by atoms with E-state index in [1.165, 1.54) is 12.1 Å². The highest BCUT2D eigenvalue weighted by atomic mass is 79.9. The lowest BCUT2D eigenvalue weighted by atomic mass is 10.2. The first-order chi connectivity index (χ1) is 12.3. The average Bonchev–Trinajstić information content (AvgIpc) is 2.55. The van der Waals surface area contributed by atoms with Gasteiger partial charge in [-0.1, -0.05) is 37.8 Å². The number of benzene rings is 2. The number of hydrogen-bond acceptors (Lipinski definition) is 2. The molecule has 2 rings (SSSR count). The zero-order valence-corrected chi connectivity index (χ0v) is 18.2. The molecule has 9 heteroatoms. The Balaban J connectivity index is 2.66. The van der Waals surface area contributed by atoms with Crippen LogP contribution < -0.4 is 4.31 Å². The molecule has 3 nitrogen and oxygen atoms in total. The monoisotopic (exact) mass is 475 g/mol. The largest absolute Gasteiger partial charge is 0.416 e. The highest BCUT2D eigenvalue weighted by Crippen LogP contribution is 2.36. The van der Waals surface area contributed by atoms with Gasteiger partial charge in [0.1, 0.15) is 8.07 Å². The number of rotatable bonds is 3. The van der Waals surface area contributed by atoms with Gasteiger partial charge in [0.25, 0.3) is 10.0 Å². The highest BCUT2D eigenvalue weighted by molar-refractivity contribution is 9.10. The van der Waals surface area contributed by atoms with Crippen LogP contribution in [0.25, 0.3) is 0 Å². The van der Waals surface area contributed by atoms with E-state index in [0.29, 0.717) is 0 Å². The van der Waals surface area contributed by atoms with Crippen molar-refractivity contribution in [1.29, 1.82) is 0 Å². The summed E-state index contributed by atoms with van der Waals surface area (Å²) in [6.45, 7) is 5.82. The molecule has 0 aromatic heterocycles. The van der Waals surface area contributed by atoms with Crippen molar-refractivity contribution in [2.24, 2.45) is 0 Å². The van der Waals surface area contributed by atoms with Gasteiger partial charge in [0.05, 0.1) is 16.1 Å². The molecule has 0 radical (unpaired) electrons. The highest BCUT2D eigenvalue weighted by Gasteiger charge is 2.32. The SMILES string of the molecule is C[Si](C)(C)C#CN(c1ccc(C(F)(F)F)cc1Br)S(=O)(=O)c1ccccc1. The summed E-state index contributed by atoms with van der Waals surface area (Å²) in [6, 6.07) is 13.1. The van der Waals surface area contributed by atoms with Crippen LogP contribution >= 0.6 is 15.9 Å². The van der Waals surface area contributed by atoms with Crippen molar-refractivity contribution >= 4 is 39.7 Å². The number of hydrogen-bond donors (Lipinski definition) is 0. The Hall–Kier alpha value is -1.76. The third kappa shape index (κ3) is 5.37. The fraction of sp³-hybridized carbons (Fsp3) is 0.222. The molecule has 0 aliphatic rings. The second-order valence-electron chi connectivity index (χ2n) is 6.73. The fourth-order valence-electron chi connectivity index (χ4n) is 2.01. The minimum atomic E-state index is -4.53. The molecule has 0 fully saturated rings. The van der Waals surface area contributed by atoms with E-state index in [-0.39, 0.29) is 15.1 Å². The smallest absolute Gasteiger partial charge is 0.200 e. The lowest BCUT2D eigenvalue weighted by Crippen LogP contribution is -2.28. The van der Waals surface area contributed by atoms with Crippen LogP contribution in [-0.4, -0.2) is 16.5 Å². The van der Waals surface area contributed by atoms with Gasteiger partial charge in [-0.2, -0.15) is 17.5 Å². The van der Waals surface area contributed by atoms with E-state index >= 15 is 0 Å². The second-order valence-corrected chi connectivity index (χ2v) is 14.1. The van der Waals surface area contributed by atoms with Gasteiger partial charge in [-0.15, -0.1) is 5.54 Å². The summed E-state index contributed by atoms with van der Waals surface area (Å²) in [7, 11) is -6.03. The van der Waals surface area contributed by atoms with Crippen LogP contribution in [0.4, 0.5) is 18.9 Å². The van der Waals surface area contributed by atoms with E-state index in [1.807, 2.05) is 19.6 Å². The van der Waals surface area contributed by atoms with Crippen LogP contribution in [0.3, 0.4) is 0 Å². The first-order valence-electron chi connectivity index (χ1n) is 7.82. The quantitative estimate of drug-likeness (QED) is 0.333. The summed E-state index contributed by atoms with van der Waals surface area (Å²) in [6.07, 6.45) is -4.53. The molecule has 27 heavy (non-hydrogen) atoms. The maximum Gasteiger partial charge on any atom is 0.416 e. The van der Waals surface area contributed by atoms with Gasteiger partial charge in [0.15, 0.2) is 0 Å². The van der Waals surface area contributed by atoms with E-state index in [1.54, 1.807) is 18.2 Å². The zero-order chi connectivity index (χ0) is 20.5. The van der Waals surface area contributed by atoms with Crippen molar-refractivity contribution in [3.8, 4) is 11.6 Å². The molecule has 0 saturated heterocycles. The third-order valence-corrected chi connectivity index (χ3v) is 6.44. The molecule has 0 atom stereocenters. The molecular formula is C18H17BrF3NO2SSi. The number of anilines is 1. The molecule has 2 aromatic carbocycles. The summed E-state index contributed by atoms with van der Waals surface area (Å²) in [5, 5.41) is 0. The minimum absolute atomic E-state index is 0.00155. The average molecular weight is 476 g/mol. The Bertz CT molecular complexity index is 991. The number of sulfonamides is 1. The lowest BCUT2D eigenvalue weighted by Gasteiger charge is -2.21. The molecule has 144 valence electrons. The molecule has 0 saturated carbocycles. The fourth-order valence-corrected chi connectivity index (χ4v) is 4.51. The molecule has 0 aliphatic carbocycles. The Labute approximate surface area is 166 Å². The predicted molar refractivity (Wildman–Crippen MR) is 106 cm³/mol. The van der Waals surface area contributed by atoms with E-state index in [0.717, 1.165) is 22.5 Å².